The van der Waals surface area contributed by atoms with Gasteiger partial charge in [-0.1, -0.05) is 12.1 Å². The molecule has 1 aromatic rings. The minimum Gasteiger partial charge on any atom is -0.508 e. The number of benzene rings is 1. The topological polar surface area (TPSA) is 55.8 Å². The van der Waals surface area contributed by atoms with Crippen LogP contribution in [0.15, 0.2) is 24.3 Å². The maximum atomic E-state index is 12.2. The van der Waals surface area contributed by atoms with Crippen LogP contribution in [-0.4, -0.2) is 66.1 Å². The quantitative estimate of drug-likeness (QED) is 0.855. The number of aromatic hydroxyl groups is 1. The standard InChI is InChI=1S/C17H27N3O2/c1-17(2,12-14-4-6-15(21)7-5-14)18-16(22)13-20-10-8-19(3)9-11-20/h4-7,21H,8-13H2,1-3H3,(H,18,22). The van der Waals surface area contributed by atoms with Crippen molar-refractivity contribution in [2.45, 2.75) is 25.8 Å². The van der Waals surface area contributed by atoms with E-state index in [-0.39, 0.29) is 17.2 Å². The fourth-order valence-electron chi connectivity index (χ4n) is 2.79. The highest BCUT2D eigenvalue weighted by atomic mass is 16.3. The summed E-state index contributed by atoms with van der Waals surface area (Å²) in [6, 6.07) is 7.14. The van der Waals surface area contributed by atoms with Crippen molar-refractivity contribution in [3.8, 4) is 5.75 Å². The van der Waals surface area contributed by atoms with Crippen molar-refractivity contribution in [2.75, 3.05) is 39.8 Å². The second kappa shape index (κ2) is 7.11. The summed E-state index contributed by atoms with van der Waals surface area (Å²) in [4.78, 5) is 16.7. The Morgan fingerprint density at radius 1 is 1.18 bits per heavy atom. The van der Waals surface area contributed by atoms with Crippen LogP contribution in [0.4, 0.5) is 0 Å². The van der Waals surface area contributed by atoms with Crippen LogP contribution in [0.3, 0.4) is 0 Å². The Kier molecular flexibility index (Phi) is 5.42. The van der Waals surface area contributed by atoms with Crippen LogP contribution in [0.2, 0.25) is 0 Å². The van der Waals surface area contributed by atoms with Crippen molar-refractivity contribution >= 4 is 5.91 Å². The Bertz CT molecular complexity index is 491. The molecule has 2 rings (SSSR count). The number of phenolic OH excluding ortho intramolecular Hbond substituents is 1. The zero-order valence-electron chi connectivity index (χ0n) is 13.8. The van der Waals surface area contributed by atoms with Crippen LogP contribution < -0.4 is 5.32 Å². The number of carbonyl (C=O) groups is 1. The van der Waals surface area contributed by atoms with E-state index < -0.39 is 0 Å². The average molecular weight is 305 g/mol. The van der Waals surface area contributed by atoms with Gasteiger partial charge in [0.2, 0.25) is 5.91 Å². The molecule has 0 atom stereocenters. The Labute approximate surface area is 132 Å². The minimum absolute atomic E-state index is 0.0772. The first-order chi connectivity index (χ1) is 10.3. The van der Waals surface area contributed by atoms with E-state index in [1.165, 1.54) is 0 Å². The molecule has 5 nitrogen and oxygen atoms in total. The van der Waals surface area contributed by atoms with Crippen LogP contribution in [-0.2, 0) is 11.2 Å². The molecule has 1 fully saturated rings. The highest BCUT2D eigenvalue weighted by Gasteiger charge is 2.23. The second-order valence-corrected chi connectivity index (χ2v) is 6.85. The first-order valence-electron chi connectivity index (χ1n) is 7.84. The van der Waals surface area contributed by atoms with Gasteiger partial charge in [0.25, 0.3) is 0 Å². The maximum Gasteiger partial charge on any atom is 0.234 e. The lowest BCUT2D eigenvalue weighted by molar-refractivity contribution is -0.124. The highest BCUT2D eigenvalue weighted by molar-refractivity contribution is 5.78. The molecule has 1 aliphatic heterocycles. The molecule has 2 N–H and O–H groups in total. The van der Waals surface area contributed by atoms with E-state index in [1.54, 1.807) is 12.1 Å². The zero-order valence-corrected chi connectivity index (χ0v) is 13.8. The van der Waals surface area contributed by atoms with Gasteiger partial charge >= 0.3 is 0 Å². The van der Waals surface area contributed by atoms with Gasteiger partial charge in [0, 0.05) is 31.7 Å². The van der Waals surface area contributed by atoms with Crippen LogP contribution in [0, 0.1) is 0 Å². The van der Waals surface area contributed by atoms with E-state index in [9.17, 15) is 9.90 Å². The lowest BCUT2D eigenvalue weighted by atomic mass is 9.95. The SMILES string of the molecule is CN1CCN(CC(=O)NC(C)(C)Cc2ccc(O)cc2)CC1. The fourth-order valence-corrected chi connectivity index (χ4v) is 2.79. The minimum atomic E-state index is -0.305. The van der Waals surface area contributed by atoms with Gasteiger partial charge < -0.3 is 15.3 Å². The van der Waals surface area contributed by atoms with Gasteiger partial charge in [-0.2, -0.15) is 0 Å². The number of likely N-dealkylation sites (N-methyl/N-ethyl adjacent to an activating group) is 1. The molecule has 0 aromatic heterocycles. The van der Waals surface area contributed by atoms with Crippen LogP contribution in [0.5, 0.6) is 5.75 Å². The molecular formula is C17H27N3O2. The molecular weight excluding hydrogens is 278 g/mol. The molecule has 5 heteroatoms. The number of carbonyl (C=O) groups excluding carboxylic acids is 1. The fraction of sp³-hybridized carbons (Fsp3) is 0.588. The summed E-state index contributed by atoms with van der Waals surface area (Å²) in [6.07, 6.45) is 0.738. The predicted octanol–water partition coefficient (Wildman–Crippen LogP) is 1.08. The van der Waals surface area contributed by atoms with E-state index >= 15 is 0 Å². The number of nitrogens with zero attached hydrogens (tertiary/aromatic N) is 2. The van der Waals surface area contributed by atoms with Gasteiger partial charge in [-0.05, 0) is 45.0 Å². The Morgan fingerprint density at radius 2 is 1.77 bits per heavy atom. The molecule has 1 aromatic carbocycles. The molecule has 22 heavy (non-hydrogen) atoms. The molecule has 1 saturated heterocycles. The maximum absolute atomic E-state index is 12.2. The third-order valence-corrected chi connectivity index (χ3v) is 4.02. The van der Waals surface area contributed by atoms with Gasteiger partial charge in [-0.25, -0.2) is 0 Å². The Morgan fingerprint density at radius 3 is 2.36 bits per heavy atom. The van der Waals surface area contributed by atoms with Gasteiger partial charge in [0.15, 0.2) is 0 Å². The summed E-state index contributed by atoms with van der Waals surface area (Å²) in [5, 5.41) is 12.4. The normalized spacial score (nSPS) is 17.4. The number of hydrogen-bond donors (Lipinski definition) is 2. The lowest BCUT2D eigenvalue weighted by Crippen LogP contribution is -2.52. The monoisotopic (exact) mass is 305 g/mol. The third kappa shape index (κ3) is 5.31. The molecule has 0 bridgehead atoms. The van der Waals surface area contributed by atoms with Crippen molar-refractivity contribution in [3.05, 3.63) is 29.8 Å². The molecule has 1 amide bonds. The number of rotatable bonds is 5. The molecule has 122 valence electrons. The Hall–Kier alpha value is -1.59. The summed E-state index contributed by atoms with van der Waals surface area (Å²) in [5.74, 6) is 0.342. The third-order valence-electron chi connectivity index (χ3n) is 4.02. The van der Waals surface area contributed by atoms with E-state index in [2.05, 4.69) is 22.2 Å². The molecule has 0 unspecified atom stereocenters. The number of amides is 1. The second-order valence-electron chi connectivity index (χ2n) is 6.85. The summed E-state index contributed by atoms with van der Waals surface area (Å²) < 4.78 is 0. The van der Waals surface area contributed by atoms with E-state index in [1.807, 2.05) is 26.0 Å². The van der Waals surface area contributed by atoms with Crippen LogP contribution >= 0.6 is 0 Å². The van der Waals surface area contributed by atoms with Gasteiger partial charge in [0.05, 0.1) is 6.54 Å². The molecule has 0 radical (unpaired) electrons. The number of phenols is 1. The first-order valence-corrected chi connectivity index (χ1v) is 7.84. The summed E-state index contributed by atoms with van der Waals surface area (Å²) in [6.45, 7) is 8.45. The predicted molar refractivity (Wildman–Crippen MR) is 88.0 cm³/mol. The van der Waals surface area contributed by atoms with Crippen molar-refractivity contribution in [1.29, 1.82) is 0 Å². The summed E-state index contributed by atoms with van der Waals surface area (Å²) >= 11 is 0. The van der Waals surface area contributed by atoms with E-state index in [0.29, 0.717) is 6.54 Å². The molecule has 0 aliphatic carbocycles. The van der Waals surface area contributed by atoms with Gasteiger partial charge in [0.1, 0.15) is 5.75 Å². The molecule has 1 heterocycles. The lowest BCUT2D eigenvalue weighted by Gasteiger charge is -2.33. The highest BCUT2D eigenvalue weighted by Crippen LogP contribution is 2.16. The molecule has 1 aliphatic rings. The van der Waals surface area contributed by atoms with Crippen molar-refractivity contribution < 1.29 is 9.90 Å². The van der Waals surface area contributed by atoms with Gasteiger partial charge in [-0.3, -0.25) is 9.69 Å². The zero-order chi connectivity index (χ0) is 16.2. The van der Waals surface area contributed by atoms with Crippen molar-refractivity contribution in [2.24, 2.45) is 0 Å². The molecule has 0 spiro atoms. The smallest absolute Gasteiger partial charge is 0.234 e. The van der Waals surface area contributed by atoms with Crippen molar-refractivity contribution in [1.82, 2.24) is 15.1 Å². The number of hydrogen-bond acceptors (Lipinski definition) is 4. The summed E-state index contributed by atoms with van der Waals surface area (Å²) in [5.41, 5.74) is 0.795. The van der Waals surface area contributed by atoms with Crippen molar-refractivity contribution in [3.63, 3.8) is 0 Å². The number of nitrogens with one attached hydrogen (secondary N) is 1. The Balaban J connectivity index is 1.82. The van der Waals surface area contributed by atoms with Crippen LogP contribution in [0.1, 0.15) is 19.4 Å². The number of piperazine rings is 1. The van der Waals surface area contributed by atoms with E-state index in [0.717, 1.165) is 38.2 Å². The van der Waals surface area contributed by atoms with Gasteiger partial charge in [-0.15, -0.1) is 0 Å². The summed E-state index contributed by atoms with van der Waals surface area (Å²) in [7, 11) is 2.11. The first kappa shape index (κ1) is 16.8. The largest absolute Gasteiger partial charge is 0.508 e. The average Bonchev–Trinajstić information content (AvgIpc) is 2.43. The van der Waals surface area contributed by atoms with Crippen LogP contribution in [0.25, 0.3) is 0 Å². The van der Waals surface area contributed by atoms with E-state index in [4.69, 9.17) is 0 Å². The molecule has 0 saturated carbocycles.